The molecule has 0 saturated carbocycles. The van der Waals surface area contributed by atoms with E-state index >= 15 is 0 Å². The highest BCUT2D eigenvalue weighted by molar-refractivity contribution is 7.71. The van der Waals surface area contributed by atoms with Crippen LogP contribution in [0.1, 0.15) is 33.3 Å². The van der Waals surface area contributed by atoms with Gasteiger partial charge >= 0.3 is 6.09 Å². The fraction of sp³-hybridized carbons (Fsp3) is 0.412. The van der Waals surface area contributed by atoms with Gasteiger partial charge in [-0.1, -0.05) is 49.4 Å². The zero-order chi connectivity index (χ0) is 17.5. The zero-order valence-corrected chi connectivity index (χ0v) is 14.6. The average molecular weight is 337 g/mol. The van der Waals surface area contributed by atoms with Crippen molar-refractivity contribution in [1.82, 2.24) is 5.32 Å². The number of hydrogen-bond acceptors (Lipinski definition) is 4. The van der Waals surface area contributed by atoms with Crippen molar-refractivity contribution in [1.29, 1.82) is 0 Å². The first-order chi connectivity index (χ1) is 10.7. The third-order valence-electron chi connectivity index (χ3n) is 2.87. The minimum atomic E-state index is -2.30. The highest BCUT2D eigenvalue weighted by atomic mass is 32.2. The van der Waals surface area contributed by atoms with Crippen LogP contribution in [0.15, 0.2) is 36.4 Å². The average Bonchev–Trinajstić information content (AvgIpc) is 2.41. The summed E-state index contributed by atoms with van der Waals surface area (Å²) in [6, 6.07) is 9.05. The molecule has 2 atom stereocenters. The van der Waals surface area contributed by atoms with Crippen LogP contribution in [-0.4, -0.2) is 31.5 Å². The van der Waals surface area contributed by atoms with Gasteiger partial charge in [0.25, 0.3) is 0 Å². The maximum absolute atomic E-state index is 11.9. The molecule has 0 aliphatic rings. The Morgan fingerprint density at radius 1 is 1.22 bits per heavy atom. The van der Waals surface area contributed by atoms with Crippen molar-refractivity contribution in [2.45, 2.75) is 39.3 Å². The molecule has 0 fully saturated rings. The van der Waals surface area contributed by atoms with Crippen molar-refractivity contribution in [2.24, 2.45) is 5.92 Å². The first-order valence-corrected chi connectivity index (χ1v) is 8.47. The molecular formula is C17H23NO4S. The van der Waals surface area contributed by atoms with Gasteiger partial charge in [-0.15, -0.1) is 0 Å². The minimum absolute atomic E-state index is 0.402. The Balaban J connectivity index is 2.91. The van der Waals surface area contributed by atoms with Gasteiger partial charge in [0.2, 0.25) is 10.3 Å². The van der Waals surface area contributed by atoms with Crippen molar-refractivity contribution < 1.29 is 17.9 Å². The van der Waals surface area contributed by atoms with Gasteiger partial charge in [0, 0.05) is 11.3 Å². The lowest BCUT2D eigenvalue weighted by atomic mass is 10.0. The number of ether oxygens (including phenoxy) is 1. The van der Waals surface area contributed by atoms with Crippen molar-refractivity contribution in [3.8, 4) is 0 Å². The summed E-state index contributed by atoms with van der Waals surface area (Å²) in [5, 5.41) is 3.85. The molecule has 1 amide bonds. The normalized spacial score (nSPS) is 14.1. The zero-order valence-electron chi connectivity index (χ0n) is 13.8. The van der Waals surface area contributed by atoms with E-state index < -0.39 is 33.9 Å². The Morgan fingerprint density at radius 2 is 1.83 bits per heavy atom. The molecular weight excluding hydrogens is 314 g/mol. The number of amides is 1. The second kappa shape index (κ2) is 8.53. The molecule has 1 aromatic carbocycles. The third kappa shape index (κ3) is 8.21. The van der Waals surface area contributed by atoms with E-state index in [-0.39, 0.29) is 0 Å². The van der Waals surface area contributed by atoms with Gasteiger partial charge in [-0.2, -0.15) is 8.42 Å². The van der Waals surface area contributed by atoms with Gasteiger partial charge in [-0.05, 0) is 26.3 Å². The fourth-order valence-electron chi connectivity index (χ4n) is 1.84. The summed E-state index contributed by atoms with van der Waals surface area (Å²) in [4.78, 5) is 11.9. The van der Waals surface area contributed by atoms with E-state index in [9.17, 15) is 13.2 Å². The summed E-state index contributed by atoms with van der Waals surface area (Å²) in [6.07, 6.45) is 3.00. The van der Waals surface area contributed by atoms with E-state index in [2.05, 4.69) is 5.32 Å². The molecule has 0 aliphatic carbocycles. The van der Waals surface area contributed by atoms with E-state index in [1.54, 1.807) is 33.8 Å². The van der Waals surface area contributed by atoms with Crippen molar-refractivity contribution >= 4 is 27.8 Å². The van der Waals surface area contributed by atoms with E-state index in [0.717, 1.165) is 10.9 Å². The molecule has 6 heteroatoms. The lowest BCUT2D eigenvalue weighted by Gasteiger charge is -2.24. The largest absolute Gasteiger partial charge is 0.444 e. The topological polar surface area (TPSA) is 72.5 Å². The predicted octanol–water partition coefficient (Wildman–Crippen LogP) is 2.91. The molecule has 23 heavy (non-hydrogen) atoms. The van der Waals surface area contributed by atoms with Crippen molar-refractivity contribution in [3.05, 3.63) is 42.0 Å². The Bertz CT molecular complexity index is 664. The number of rotatable bonds is 5. The van der Waals surface area contributed by atoms with Crippen LogP contribution in [0.3, 0.4) is 0 Å². The number of nitrogens with one attached hydrogen (secondary N) is 1. The molecule has 1 rings (SSSR count). The van der Waals surface area contributed by atoms with Crippen LogP contribution in [0.25, 0.3) is 6.08 Å². The summed E-state index contributed by atoms with van der Waals surface area (Å²) >= 11 is 0. The molecule has 5 nitrogen and oxygen atoms in total. The number of carbonyl (C=O) groups is 1. The maximum Gasteiger partial charge on any atom is 0.408 e. The molecule has 1 aromatic rings. The quantitative estimate of drug-likeness (QED) is 0.839. The predicted molar refractivity (Wildman–Crippen MR) is 92.8 cm³/mol. The molecule has 0 saturated heterocycles. The van der Waals surface area contributed by atoms with Crippen LogP contribution in [0.4, 0.5) is 4.79 Å². The molecule has 1 N–H and O–H groups in total. The van der Waals surface area contributed by atoms with Crippen LogP contribution in [0, 0.1) is 5.92 Å². The third-order valence-corrected chi connectivity index (χ3v) is 3.52. The van der Waals surface area contributed by atoms with Crippen LogP contribution in [0.2, 0.25) is 0 Å². The highest BCUT2D eigenvalue weighted by Gasteiger charge is 2.21. The molecule has 0 aromatic heterocycles. The molecule has 0 aliphatic heterocycles. The first-order valence-electron chi connectivity index (χ1n) is 7.33. The van der Waals surface area contributed by atoms with E-state index in [4.69, 9.17) is 4.74 Å². The van der Waals surface area contributed by atoms with Gasteiger partial charge in [-0.25, -0.2) is 4.79 Å². The van der Waals surface area contributed by atoms with Crippen LogP contribution < -0.4 is 5.32 Å². The van der Waals surface area contributed by atoms with Gasteiger partial charge in [-0.3, -0.25) is 0 Å². The lowest BCUT2D eigenvalue weighted by Crippen LogP contribution is -2.41. The number of alkyl carbamates (subject to hydrolysis) is 1. The lowest BCUT2D eigenvalue weighted by molar-refractivity contribution is 0.0509. The Hall–Kier alpha value is -2.08. The Labute approximate surface area is 138 Å². The smallest absolute Gasteiger partial charge is 0.408 e. The Kier molecular flexibility index (Phi) is 7.03. The summed E-state index contributed by atoms with van der Waals surface area (Å²) in [7, 11) is -2.30. The van der Waals surface area contributed by atoms with Crippen LogP contribution in [-0.2, 0) is 15.0 Å². The molecule has 0 bridgehead atoms. The van der Waals surface area contributed by atoms with E-state index in [0.29, 0.717) is 0 Å². The molecule has 0 spiro atoms. The van der Waals surface area contributed by atoms with Gasteiger partial charge in [0.05, 0.1) is 6.04 Å². The van der Waals surface area contributed by atoms with Gasteiger partial charge in [0.15, 0.2) is 0 Å². The van der Waals surface area contributed by atoms with Gasteiger partial charge in [0.1, 0.15) is 5.60 Å². The number of carbonyl (C=O) groups excluding carboxylic acids is 1. The number of benzene rings is 1. The standard InChI is InChI=1S/C17H23NO4S/c1-13(12-23(20)21)15(18-16(19)22-17(2,3)4)11-10-14-8-6-5-7-9-14/h5-13,15H,1-4H3,(H,18,19)/b11-10+/t13?,15-/m0/s1. The SMILES string of the molecule is CC(C=S(=O)=O)[C@H](/C=C/c1ccccc1)NC(=O)OC(C)(C)C. The van der Waals surface area contributed by atoms with Crippen LogP contribution >= 0.6 is 0 Å². The molecule has 1 unspecified atom stereocenters. The van der Waals surface area contributed by atoms with E-state index in [1.165, 1.54) is 0 Å². The summed E-state index contributed by atoms with van der Waals surface area (Å²) in [5.74, 6) is -0.402. The van der Waals surface area contributed by atoms with Gasteiger partial charge < -0.3 is 10.1 Å². The Morgan fingerprint density at radius 3 is 2.35 bits per heavy atom. The van der Waals surface area contributed by atoms with Crippen LogP contribution in [0.5, 0.6) is 0 Å². The highest BCUT2D eigenvalue weighted by Crippen LogP contribution is 2.10. The maximum atomic E-state index is 11.9. The molecule has 0 heterocycles. The van der Waals surface area contributed by atoms with Crippen molar-refractivity contribution in [2.75, 3.05) is 0 Å². The fourth-order valence-corrected chi connectivity index (χ4v) is 2.36. The number of hydrogen-bond donors (Lipinski definition) is 1. The first kappa shape index (κ1) is 19.0. The summed E-state index contributed by atoms with van der Waals surface area (Å²) in [5.41, 5.74) is 0.338. The summed E-state index contributed by atoms with van der Waals surface area (Å²) in [6.45, 7) is 7.02. The molecule has 126 valence electrons. The van der Waals surface area contributed by atoms with Crippen molar-refractivity contribution in [3.63, 3.8) is 0 Å². The second-order valence-electron chi connectivity index (χ2n) is 6.20. The molecule has 0 radical (unpaired) electrons. The van der Waals surface area contributed by atoms with E-state index in [1.807, 2.05) is 36.4 Å². The summed E-state index contributed by atoms with van der Waals surface area (Å²) < 4.78 is 27.0. The second-order valence-corrected chi connectivity index (χ2v) is 6.99. The monoisotopic (exact) mass is 337 g/mol. The minimum Gasteiger partial charge on any atom is -0.444 e.